The Bertz CT molecular complexity index is 865. The van der Waals surface area contributed by atoms with E-state index >= 15 is 0 Å². The van der Waals surface area contributed by atoms with Crippen LogP contribution in [-0.2, 0) is 9.84 Å². The number of nitro groups is 1. The van der Waals surface area contributed by atoms with Crippen molar-refractivity contribution >= 4 is 38.8 Å². The van der Waals surface area contributed by atoms with Crippen molar-refractivity contribution in [3.05, 3.63) is 33.1 Å². The van der Waals surface area contributed by atoms with Gasteiger partial charge in [0.1, 0.15) is 0 Å². The number of aromatic nitrogens is 2. The van der Waals surface area contributed by atoms with Crippen molar-refractivity contribution in [2.45, 2.75) is 12.5 Å². The van der Waals surface area contributed by atoms with E-state index < -0.39 is 14.8 Å². The number of imidazole rings is 1. The van der Waals surface area contributed by atoms with Gasteiger partial charge in [-0.15, -0.1) is 0 Å². The first-order valence-electron chi connectivity index (χ1n) is 5.96. The summed E-state index contributed by atoms with van der Waals surface area (Å²) in [6.07, 6.45) is 0.478. The molecule has 0 bridgehead atoms. The summed E-state index contributed by atoms with van der Waals surface area (Å²) in [6, 6.07) is 4.14. The number of H-pyrrole nitrogens is 1. The predicted molar refractivity (Wildman–Crippen MR) is 76.1 cm³/mol. The second kappa shape index (κ2) is 4.38. The Balaban J connectivity index is 2.19. The number of rotatable bonds is 2. The summed E-state index contributed by atoms with van der Waals surface area (Å²) in [5.74, 6) is 0.151. The first-order chi connectivity index (χ1) is 9.37. The first-order valence-corrected chi connectivity index (χ1v) is 8.19. The van der Waals surface area contributed by atoms with Gasteiger partial charge in [0.25, 0.3) is 5.69 Å². The zero-order chi connectivity index (χ0) is 14.5. The number of nitro benzene ring substituents is 1. The number of benzene rings is 1. The Hall–Kier alpha value is -1.74. The largest absolute Gasteiger partial charge is 0.331 e. The molecule has 7 nitrogen and oxygen atoms in total. The number of non-ortho nitro benzene ring substituents is 1. The molecule has 1 fully saturated rings. The molecular formula is C11H11N3O4S2. The molecule has 2 aromatic rings. The highest BCUT2D eigenvalue weighted by atomic mass is 32.2. The smallest absolute Gasteiger partial charge is 0.271 e. The lowest BCUT2D eigenvalue weighted by atomic mass is 10.2. The number of nitrogens with one attached hydrogen (secondary N) is 1. The number of aromatic amines is 1. The van der Waals surface area contributed by atoms with Gasteiger partial charge in [0.15, 0.2) is 14.6 Å². The highest BCUT2D eigenvalue weighted by molar-refractivity contribution is 7.91. The molecule has 0 radical (unpaired) electrons. The van der Waals surface area contributed by atoms with Crippen molar-refractivity contribution in [3.63, 3.8) is 0 Å². The molecule has 1 saturated heterocycles. The maximum absolute atomic E-state index is 11.6. The van der Waals surface area contributed by atoms with Crippen molar-refractivity contribution in [2.75, 3.05) is 11.5 Å². The Morgan fingerprint density at radius 3 is 2.80 bits per heavy atom. The molecule has 1 aliphatic heterocycles. The van der Waals surface area contributed by atoms with E-state index in [4.69, 9.17) is 12.2 Å². The van der Waals surface area contributed by atoms with Gasteiger partial charge in [-0.3, -0.25) is 10.1 Å². The number of hydrogen-bond acceptors (Lipinski definition) is 5. The fraction of sp³-hybridized carbons (Fsp3) is 0.364. The highest BCUT2D eigenvalue weighted by Crippen LogP contribution is 2.29. The topological polar surface area (TPSA) is 98.0 Å². The minimum absolute atomic E-state index is 0.0248. The van der Waals surface area contributed by atoms with Gasteiger partial charge in [0.05, 0.1) is 33.5 Å². The van der Waals surface area contributed by atoms with Crippen LogP contribution in [-0.4, -0.2) is 34.4 Å². The van der Waals surface area contributed by atoms with Crippen LogP contribution < -0.4 is 0 Å². The number of hydrogen-bond donors (Lipinski definition) is 1. The minimum Gasteiger partial charge on any atom is -0.331 e. The average Bonchev–Trinajstić information content (AvgIpc) is 2.86. The zero-order valence-corrected chi connectivity index (χ0v) is 11.9. The third-order valence-electron chi connectivity index (χ3n) is 3.49. The lowest BCUT2D eigenvalue weighted by Gasteiger charge is -2.10. The molecule has 106 valence electrons. The molecule has 1 unspecified atom stereocenters. The summed E-state index contributed by atoms with van der Waals surface area (Å²) in [4.78, 5) is 13.3. The molecule has 1 aliphatic rings. The molecule has 1 aromatic carbocycles. The van der Waals surface area contributed by atoms with Crippen LogP contribution in [0.4, 0.5) is 5.69 Å². The zero-order valence-electron chi connectivity index (χ0n) is 10.3. The van der Waals surface area contributed by atoms with Gasteiger partial charge >= 0.3 is 0 Å². The summed E-state index contributed by atoms with van der Waals surface area (Å²) < 4.78 is 25.3. The summed E-state index contributed by atoms with van der Waals surface area (Å²) in [7, 11) is -3.05. The first kappa shape index (κ1) is 13.3. The summed E-state index contributed by atoms with van der Waals surface area (Å²) >= 11 is 5.22. The van der Waals surface area contributed by atoms with Gasteiger partial charge in [-0.25, -0.2) is 8.42 Å². The van der Waals surface area contributed by atoms with Crippen LogP contribution in [0.2, 0.25) is 0 Å². The van der Waals surface area contributed by atoms with Crippen LogP contribution >= 0.6 is 12.2 Å². The average molecular weight is 313 g/mol. The van der Waals surface area contributed by atoms with E-state index in [1.165, 1.54) is 12.1 Å². The summed E-state index contributed by atoms with van der Waals surface area (Å²) in [6.45, 7) is 0. The van der Waals surface area contributed by atoms with Crippen LogP contribution in [0.3, 0.4) is 0 Å². The summed E-state index contributed by atoms with van der Waals surface area (Å²) in [5.41, 5.74) is 1.21. The Morgan fingerprint density at radius 2 is 2.20 bits per heavy atom. The number of fused-ring (bicyclic) bond motifs is 1. The van der Waals surface area contributed by atoms with Crippen LogP contribution in [0, 0.1) is 14.9 Å². The molecule has 20 heavy (non-hydrogen) atoms. The van der Waals surface area contributed by atoms with Gasteiger partial charge in [0, 0.05) is 12.1 Å². The normalized spacial score (nSPS) is 21.3. The van der Waals surface area contributed by atoms with Crippen LogP contribution in [0.1, 0.15) is 12.5 Å². The molecule has 2 heterocycles. The van der Waals surface area contributed by atoms with Crippen molar-refractivity contribution in [1.29, 1.82) is 0 Å². The maximum atomic E-state index is 11.6. The van der Waals surface area contributed by atoms with E-state index in [0.717, 1.165) is 0 Å². The van der Waals surface area contributed by atoms with Crippen molar-refractivity contribution in [3.8, 4) is 0 Å². The lowest BCUT2D eigenvalue weighted by molar-refractivity contribution is -0.384. The van der Waals surface area contributed by atoms with E-state index in [-0.39, 0.29) is 23.2 Å². The third kappa shape index (κ3) is 2.12. The van der Waals surface area contributed by atoms with E-state index in [0.29, 0.717) is 22.2 Å². The van der Waals surface area contributed by atoms with Gasteiger partial charge in [-0.2, -0.15) is 0 Å². The number of nitrogens with zero attached hydrogens (tertiary/aromatic N) is 2. The Labute approximate surface area is 119 Å². The molecule has 9 heteroatoms. The van der Waals surface area contributed by atoms with Crippen molar-refractivity contribution < 1.29 is 13.3 Å². The molecule has 0 saturated carbocycles. The van der Waals surface area contributed by atoms with Gasteiger partial charge in [-0.05, 0) is 24.7 Å². The standard InChI is InChI=1S/C11H11N3O4S2/c15-14(16)7-1-2-9-10(5-7)13(11(19)12-9)8-3-4-20(17,18)6-8/h1-2,5,8H,3-4,6H2,(H,12,19). The Morgan fingerprint density at radius 1 is 1.45 bits per heavy atom. The van der Waals surface area contributed by atoms with E-state index in [9.17, 15) is 18.5 Å². The third-order valence-corrected chi connectivity index (χ3v) is 5.53. The van der Waals surface area contributed by atoms with Gasteiger partial charge in [-0.1, -0.05) is 0 Å². The Kier molecular flexibility index (Phi) is 2.91. The van der Waals surface area contributed by atoms with E-state index in [2.05, 4.69) is 4.98 Å². The van der Waals surface area contributed by atoms with E-state index in [1.54, 1.807) is 10.6 Å². The highest BCUT2D eigenvalue weighted by Gasteiger charge is 2.30. The molecule has 0 aliphatic carbocycles. The van der Waals surface area contributed by atoms with Gasteiger partial charge < -0.3 is 9.55 Å². The van der Waals surface area contributed by atoms with Crippen LogP contribution in [0.15, 0.2) is 18.2 Å². The van der Waals surface area contributed by atoms with Gasteiger partial charge in [0.2, 0.25) is 0 Å². The summed E-state index contributed by atoms with van der Waals surface area (Å²) in [5, 5.41) is 10.9. The molecule has 1 aromatic heterocycles. The van der Waals surface area contributed by atoms with Crippen molar-refractivity contribution in [1.82, 2.24) is 9.55 Å². The monoisotopic (exact) mass is 313 g/mol. The molecule has 3 rings (SSSR count). The maximum Gasteiger partial charge on any atom is 0.271 e. The molecule has 1 N–H and O–H groups in total. The second-order valence-corrected chi connectivity index (χ2v) is 7.43. The minimum atomic E-state index is -3.05. The van der Waals surface area contributed by atoms with E-state index in [1.807, 2.05) is 0 Å². The SMILES string of the molecule is O=[N+]([O-])c1ccc2[nH]c(=S)n(C3CCS(=O)(=O)C3)c2c1. The molecular weight excluding hydrogens is 302 g/mol. The van der Waals surface area contributed by atoms with Crippen LogP contribution in [0.25, 0.3) is 11.0 Å². The number of sulfone groups is 1. The van der Waals surface area contributed by atoms with Crippen LogP contribution in [0.5, 0.6) is 0 Å². The molecule has 1 atom stereocenters. The molecule has 0 spiro atoms. The quantitative estimate of drug-likeness (QED) is 0.519. The second-order valence-electron chi connectivity index (χ2n) is 4.82. The van der Waals surface area contributed by atoms with Crippen molar-refractivity contribution in [2.24, 2.45) is 0 Å². The lowest BCUT2D eigenvalue weighted by Crippen LogP contribution is -2.11. The fourth-order valence-electron chi connectivity index (χ4n) is 2.56. The molecule has 0 amide bonds. The fourth-order valence-corrected chi connectivity index (χ4v) is 4.62. The predicted octanol–water partition coefficient (Wildman–Crippen LogP) is 1.97.